The SMILES string of the molecule is Cc1nn(C)c(C)c1/C=C/C(=O)Nc1cccc(N2C(=O)c3ccccc3C2=O)c1. The second kappa shape index (κ2) is 7.44. The summed E-state index contributed by atoms with van der Waals surface area (Å²) in [4.78, 5) is 38.8. The summed E-state index contributed by atoms with van der Waals surface area (Å²) in [6, 6.07) is 13.4. The number of nitrogens with one attached hydrogen (secondary N) is 1. The van der Waals surface area contributed by atoms with Gasteiger partial charge in [-0.1, -0.05) is 18.2 Å². The van der Waals surface area contributed by atoms with Crippen LogP contribution in [0.2, 0.25) is 0 Å². The number of hydrogen-bond acceptors (Lipinski definition) is 4. The van der Waals surface area contributed by atoms with Crippen molar-refractivity contribution in [2.45, 2.75) is 13.8 Å². The molecule has 7 heteroatoms. The highest BCUT2D eigenvalue weighted by molar-refractivity contribution is 6.34. The van der Waals surface area contributed by atoms with Crippen LogP contribution in [0, 0.1) is 13.8 Å². The third-order valence-electron chi connectivity index (χ3n) is 5.13. The van der Waals surface area contributed by atoms with Crippen molar-refractivity contribution in [2.24, 2.45) is 7.05 Å². The van der Waals surface area contributed by atoms with Gasteiger partial charge in [-0.2, -0.15) is 5.10 Å². The van der Waals surface area contributed by atoms with Crippen LogP contribution < -0.4 is 10.2 Å². The predicted molar refractivity (Wildman–Crippen MR) is 114 cm³/mol. The van der Waals surface area contributed by atoms with Crippen LogP contribution >= 0.6 is 0 Å². The van der Waals surface area contributed by atoms with Crippen molar-refractivity contribution in [3.63, 3.8) is 0 Å². The Bertz CT molecular complexity index is 1190. The van der Waals surface area contributed by atoms with Crippen molar-refractivity contribution in [2.75, 3.05) is 10.2 Å². The van der Waals surface area contributed by atoms with Crippen LogP contribution in [0.25, 0.3) is 6.08 Å². The van der Waals surface area contributed by atoms with E-state index in [0.717, 1.165) is 21.9 Å². The highest BCUT2D eigenvalue weighted by Crippen LogP contribution is 2.29. The van der Waals surface area contributed by atoms with Gasteiger partial charge in [-0.25, -0.2) is 4.90 Å². The normalized spacial score (nSPS) is 13.2. The molecule has 1 aliphatic rings. The van der Waals surface area contributed by atoms with Gasteiger partial charge >= 0.3 is 0 Å². The monoisotopic (exact) mass is 400 g/mol. The molecule has 4 rings (SSSR count). The van der Waals surface area contributed by atoms with Gasteiger partial charge in [0.2, 0.25) is 5.91 Å². The lowest BCUT2D eigenvalue weighted by Gasteiger charge is -2.15. The van der Waals surface area contributed by atoms with Crippen molar-refractivity contribution in [3.05, 3.63) is 82.7 Å². The molecule has 2 aromatic carbocycles. The van der Waals surface area contributed by atoms with Crippen LogP contribution in [0.15, 0.2) is 54.6 Å². The Kier molecular flexibility index (Phi) is 4.79. The van der Waals surface area contributed by atoms with Crippen LogP contribution in [-0.4, -0.2) is 27.5 Å². The first-order chi connectivity index (χ1) is 14.4. The number of rotatable bonds is 4. The molecule has 0 saturated heterocycles. The molecule has 0 fully saturated rings. The Morgan fingerprint density at radius 3 is 2.27 bits per heavy atom. The molecule has 1 aromatic heterocycles. The predicted octanol–water partition coefficient (Wildman–Crippen LogP) is 3.49. The Labute approximate surface area is 173 Å². The van der Waals surface area contributed by atoms with Crippen LogP contribution in [0.1, 0.15) is 37.7 Å². The fourth-order valence-corrected chi connectivity index (χ4v) is 3.52. The quantitative estimate of drug-likeness (QED) is 0.537. The van der Waals surface area contributed by atoms with E-state index in [1.807, 2.05) is 20.9 Å². The largest absolute Gasteiger partial charge is 0.322 e. The first-order valence-corrected chi connectivity index (χ1v) is 9.44. The van der Waals surface area contributed by atoms with Gasteiger partial charge in [0, 0.05) is 30.1 Å². The molecule has 3 aromatic rings. The number of fused-ring (bicyclic) bond motifs is 1. The van der Waals surface area contributed by atoms with Crippen molar-refractivity contribution >= 4 is 35.2 Å². The number of aryl methyl sites for hydroxylation is 2. The van der Waals surface area contributed by atoms with Gasteiger partial charge in [0.1, 0.15) is 0 Å². The standard InChI is InChI=1S/C23H20N4O3/c1-14-18(15(2)26(3)25-14)11-12-21(28)24-16-7-6-8-17(13-16)27-22(29)19-9-4-5-10-20(19)23(27)30/h4-13H,1-3H3,(H,24,28)/b12-11+. The minimum absolute atomic E-state index is 0.322. The highest BCUT2D eigenvalue weighted by Gasteiger charge is 2.36. The Morgan fingerprint density at radius 2 is 1.67 bits per heavy atom. The van der Waals surface area contributed by atoms with Gasteiger partial charge < -0.3 is 5.32 Å². The molecular formula is C23H20N4O3. The van der Waals surface area contributed by atoms with E-state index in [4.69, 9.17) is 0 Å². The van der Waals surface area contributed by atoms with Gasteiger partial charge in [-0.15, -0.1) is 0 Å². The number of benzene rings is 2. The summed E-state index contributed by atoms with van der Waals surface area (Å²) >= 11 is 0. The number of nitrogens with zero attached hydrogens (tertiary/aromatic N) is 3. The summed E-state index contributed by atoms with van der Waals surface area (Å²) < 4.78 is 1.76. The van der Waals surface area contributed by atoms with Crippen molar-refractivity contribution in [3.8, 4) is 0 Å². The van der Waals surface area contributed by atoms with Crippen LogP contribution in [0.3, 0.4) is 0 Å². The van der Waals surface area contributed by atoms with Gasteiger partial charge in [0.15, 0.2) is 0 Å². The molecule has 0 radical (unpaired) electrons. The molecule has 0 unspecified atom stereocenters. The second-order valence-electron chi connectivity index (χ2n) is 7.07. The molecule has 1 N–H and O–H groups in total. The second-order valence-corrected chi connectivity index (χ2v) is 7.07. The molecule has 0 spiro atoms. The summed E-state index contributed by atoms with van der Waals surface area (Å²) in [6.45, 7) is 3.82. The van der Waals surface area contributed by atoms with E-state index in [1.165, 1.54) is 6.08 Å². The molecule has 0 bridgehead atoms. The fraction of sp³-hybridized carbons (Fsp3) is 0.130. The lowest BCUT2D eigenvalue weighted by Crippen LogP contribution is -2.29. The van der Waals surface area contributed by atoms with Crippen molar-refractivity contribution < 1.29 is 14.4 Å². The lowest BCUT2D eigenvalue weighted by molar-refractivity contribution is -0.111. The zero-order chi connectivity index (χ0) is 21.4. The van der Waals surface area contributed by atoms with Crippen LogP contribution in [0.5, 0.6) is 0 Å². The minimum Gasteiger partial charge on any atom is -0.322 e. The number of carbonyl (C=O) groups is 3. The summed E-state index contributed by atoms with van der Waals surface area (Å²) in [5.41, 5.74) is 4.34. The van der Waals surface area contributed by atoms with Gasteiger partial charge in [-0.05, 0) is 50.3 Å². The van der Waals surface area contributed by atoms with E-state index < -0.39 is 0 Å². The maximum atomic E-state index is 12.7. The van der Waals surface area contributed by atoms with E-state index in [0.29, 0.717) is 22.5 Å². The fourth-order valence-electron chi connectivity index (χ4n) is 3.52. The van der Waals surface area contributed by atoms with E-state index in [1.54, 1.807) is 59.3 Å². The Balaban J connectivity index is 1.53. The van der Waals surface area contributed by atoms with Crippen LogP contribution in [-0.2, 0) is 11.8 Å². The number of hydrogen-bond donors (Lipinski definition) is 1. The zero-order valence-electron chi connectivity index (χ0n) is 16.8. The van der Waals surface area contributed by atoms with Crippen molar-refractivity contribution in [1.29, 1.82) is 0 Å². The summed E-state index contributed by atoms with van der Waals surface area (Å²) in [7, 11) is 1.85. The van der Waals surface area contributed by atoms with Crippen molar-refractivity contribution in [1.82, 2.24) is 9.78 Å². The molecule has 7 nitrogen and oxygen atoms in total. The number of carbonyl (C=O) groups excluding carboxylic acids is 3. The van der Waals surface area contributed by atoms with Gasteiger partial charge in [-0.3, -0.25) is 19.1 Å². The molecule has 150 valence electrons. The Hall–Kier alpha value is -4.00. The maximum Gasteiger partial charge on any atom is 0.266 e. The van der Waals surface area contributed by atoms with Gasteiger partial charge in [0.25, 0.3) is 11.8 Å². The van der Waals surface area contributed by atoms with E-state index in [2.05, 4.69) is 10.4 Å². The average molecular weight is 400 g/mol. The molecular weight excluding hydrogens is 380 g/mol. The molecule has 0 atom stereocenters. The molecule has 0 aliphatic carbocycles. The first kappa shape index (κ1) is 19.3. The molecule has 30 heavy (non-hydrogen) atoms. The van der Waals surface area contributed by atoms with E-state index >= 15 is 0 Å². The summed E-state index contributed by atoms with van der Waals surface area (Å²) in [5, 5.41) is 7.09. The highest BCUT2D eigenvalue weighted by atomic mass is 16.2. The molecule has 1 aliphatic heterocycles. The van der Waals surface area contributed by atoms with Crippen LogP contribution in [0.4, 0.5) is 11.4 Å². The first-order valence-electron chi connectivity index (χ1n) is 9.44. The van der Waals surface area contributed by atoms with E-state index in [9.17, 15) is 14.4 Å². The number of anilines is 2. The third kappa shape index (κ3) is 3.30. The lowest BCUT2D eigenvalue weighted by atomic mass is 10.1. The molecule has 3 amide bonds. The molecule has 0 saturated carbocycles. The molecule has 2 heterocycles. The third-order valence-corrected chi connectivity index (χ3v) is 5.13. The summed E-state index contributed by atoms with van der Waals surface area (Å²) in [6.07, 6.45) is 3.16. The average Bonchev–Trinajstić information content (AvgIpc) is 3.12. The maximum absolute atomic E-state index is 12.7. The Morgan fingerprint density at radius 1 is 1.00 bits per heavy atom. The topological polar surface area (TPSA) is 84.3 Å². The number of aromatic nitrogens is 2. The minimum atomic E-state index is -0.374. The summed E-state index contributed by atoms with van der Waals surface area (Å²) in [5.74, 6) is -1.07. The van der Waals surface area contributed by atoms with E-state index in [-0.39, 0.29) is 17.7 Å². The number of imide groups is 1. The number of amides is 3. The van der Waals surface area contributed by atoms with Gasteiger partial charge in [0.05, 0.1) is 22.5 Å². The zero-order valence-corrected chi connectivity index (χ0v) is 16.8. The smallest absolute Gasteiger partial charge is 0.266 e.